The molecule has 7 nitrogen and oxygen atoms in total. The van der Waals surface area contributed by atoms with E-state index in [-0.39, 0.29) is 17.7 Å². The van der Waals surface area contributed by atoms with Gasteiger partial charge in [-0.15, -0.1) is 0 Å². The molecular weight excluding hydrogens is 382 g/mol. The minimum atomic E-state index is -0.458. The van der Waals surface area contributed by atoms with E-state index in [1.807, 2.05) is 55.1 Å². The second kappa shape index (κ2) is 9.43. The van der Waals surface area contributed by atoms with Crippen molar-refractivity contribution in [1.29, 1.82) is 0 Å². The zero-order chi connectivity index (χ0) is 21.7. The monoisotopic (exact) mass is 409 g/mol. The smallest absolute Gasteiger partial charge is 0.337 e. The number of nitrogens with zero attached hydrogens (tertiary/aromatic N) is 2. The molecule has 0 radical (unpaired) electrons. The number of ether oxygens (including phenoxy) is 1. The molecule has 0 bridgehead atoms. The summed E-state index contributed by atoms with van der Waals surface area (Å²) in [6, 6.07) is 14.4. The van der Waals surface area contributed by atoms with Crippen molar-refractivity contribution in [3.8, 4) is 0 Å². The number of esters is 1. The van der Waals surface area contributed by atoms with Crippen LogP contribution in [0.1, 0.15) is 34.6 Å². The van der Waals surface area contributed by atoms with Gasteiger partial charge in [0.15, 0.2) is 0 Å². The lowest BCUT2D eigenvalue weighted by Crippen LogP contribution is -2.49. The van der Waals surface area contributed by atoms with Crippen molar-refractivity contribution >= 4 is 29.2 Å². The number of anilines is 2. The Kier molecular flexibility index (Phi) is 6.72. The summed E-state index contributed by atoms with van der Waals surface area (Å²) < 4.78 is 4.80. The quantitative estimate of drug-likeness (QED) is 0.768. The van der Waals surface area contributed by atoms with Crippen LogP contribution in [0, 0.1) is 5.92 Å². The standard InChI is InChI=1S/C23H27N3O4/c1-16(2)21(27)24-19-15-18(23(29)30-3)9-10-20(19)25-11-13-26(14-12-25)22(28)17-7-5-4-6-8-17/h4-10,15-16H,11-14H2,1-3H3,(H,24,27). The molecule has 1 N–H and O–H groups in total. The Hall–Kier alpha value is -3.35. The molecule has 2 aromatic rings. The highest BCUT2D eigenvalue weighted by Crippen LogP contribution is 2.29. The molecule has 0 spiro atoms. The van der Waals surface area contributed by atoms with E-state index in [4.69, 9.17) is 4.74 Å². The van der Waals surface area contributed by atoms with Crippen molar-refractivity contribution in [3.05, 3.63) is 59.7 Å². The fraction of sp³-hybridized carbons (Fsp3) is 0.348. The highest BCUT2D eigenvalue weighted by Gasteiger charge is 2.24. The molecule has 1 aliphatic heterocycles. The maximum atomic E-state index is 12.7. The van der Waals surface area contributed by atoms with Crippen LogP contribution in [0.2, 0.25) is 0 Å². The lowest BCUT2D eigenvalue weighted by molar-refractivity contribution is -0.118. The van der Waals surface area contributed by atoms with Gasteiger partial charge in [-0.3, -0.25) is 9.59 Å². The van der Waals surface area contributed by atoms with Gasteiger partial charge in [-0.05, 0) is 30.3 Å². The van der Waals surface area contributed by atoms with Gasteiger partial charge in [0.25, 0.3) is 5.91 Å². The van der Waals surface area contributed by atoms with E-state index >= 15 is 0 Å². The summed E-state index contributed by atoms with van der Waals surface area (Å²) in [5.41, 5.74) is 2.44. The number of methoxy groups -OCH3 is 1. The zero-order valence-corrected chi connectivity index (χ0v) is 17.6. The lowest BCUT2D eigenvalue weighted by atomic mass is 10.1. The van der Waals surface area contributed by atoms with Gasteiger partial charge in [0, 0.05) is 37.7 Å². The van der Waals surface area contributed by atoms with Crippen LogP contribution in [-0.4, -0.2) is 56.0 Å². The first kappa shape index (κ1) is 21.4. The summed E-state index contributed by atoms with van der Waals surface area (Å²) in [6.45, 7) is 6.02. The summed E-state index contributed by atoms with van der Waals surface area (Å²) in [4.78, 5) is 40.9. The molecule has 158 valence electrons. The normalized spacial score (nSPS) is 13.9. The fourth-order valence-electron chi connectivity index (χ4n) is 3.35. The molecule has 0 saturated carbocycles. The topological polar surface area (TPSA) is 79.0 Å². The van der Waals surface area contributed by atoms with Gasteiger partial charge in [0.1, 0.15) is 0 Å². The summed E-state index contributed by atoms with van der Waals surface area (Å²) in [6.07, 6.45) is 0. The minimum absolute atomic E-state index is 0.0182. The summed E-state index contributed by atoms with van der Waals surface area (Å²) in [5.74, 6) is -0.763. The maximum Gasteiger partial charge on any atom is 0.337 e. The Morgan fingerprint density at radius 3 is 2.20 bits per heavy atom. The summed E-state index contributed by atoms with van der Waals surface area (Å²) >= 11 is 0. The minimum Gasteiger partial charge on any atom is -0.465 e. The Labute approximate surface area is 176 Å². The predicted octanol–water partition coefficient (Wildman–Crippen LogP) is 3.03. The molecule has 2 aromatic carbocycles. The molecule has 7 heteroatoms. The largest absolute Gasteiger partial charge is 0.465 e. The average molecular weight is 409 g/mol. The first-order chi connectivity index (χ1) is 14.4. The average Bonchev–Trinajstić information content (AvgIpc) is 2.78. The van der Waals surface area contributed by atoms with Gasteiger partial charge < -0.3 is 19.9 Å². The van der Waals surface area contributed by atoms with Crippen LogP contribution in [-0.2, 0) is 9.53 Å². The first-order valence-electron chi connectivity index (χ1n) is 10.0. The van der Waals surface area contributed by atoms with Crippen LogP contribution in [0.3, 0.4) is 0 Å². The molecule has 0 unspecified atom stereocenters. The third-order valence-electron chi connectivity index (χ3n) is 5.13. The number of benzene rings is 2. The van der Waals surface area contributed by atoms with Gasteiger partial charge in [0.2, 0.25) is 5.91 Å². The van der Waals surface area contributed by atoms with Crippen molar-refractivity contribution in [1.82, 2.24) is 4.90 Å². The molecule has 2 amide bonds. The van der Waals surface area contributed by atoms with E-state index < -0.39 is 5.97 Å². The van der Waals surface area contributed by atoms with E-state index in [1.54, 1.807) is 12.1 Å². The van der Waals surface area contributed by atoms with Crippen molar-refractivity contribution in [2.45, 2.75) is 13.8 Å². The van der Waals surface area contributed by atoms with Gasteiger partial charge in [-0.25, -0.2) is 4.79 Å². The maximum absolute atomic E-state index is 12.7. The number of piperazine rings is 1. The molecule has 0 aromatic heterocycles. The highest BCUT2D eigenvalue weighted by atomic mass is 16.5. The number of carbonyl (C=O) groups is 3. The number of carbonyl (C=O) groups excluding carboxylic acids is 3. The van der Waals surface area contributed by atoms with E-state index in [1.165, 1.54) is 7.11 Å². The van der Waals surface area contributed by atoms with Crippen molar-refractivity contribution in [3.63, 3.8) is 0 Å². The molecule has 3 rings (SSSR count). The van der Waals surface area contributed by atoms with Gasteiger partial charge in [-0.1, -0.05) is 32.0 Å². The molecule has 0 atom stereocenters. The van der Waals surface area contributed by atoms with E-state index in [9.17, 15) is 14.4 Å². The van der Waals surface area contributed by atoms with Gasteiger partial charge in [-0.2, -0.15) is 0 Å². The number of nitrogens with one attached hydrogen (secondary N) is 1. The number of rotatable bonds is 5. The number of amides is 2. The Morgan fingerprint density at radius 2 is 1.60 bits per heavy atom. The zero-order valence-electron chi connectivity index (χ0n) is 17.6. The predicted molar refractivity (Wildman–Crippen MR) is 116 cm³/mol. The second-order valence-electron chi connectivity index (χ2n) is 7.51. The van der Waals surface area contributed by atoms with Crippen LogP contribution in [0.4, 0.5) is 11.4 Å². The SMILES string of the molecule is COC(=O)c1ccc(N2CCN(C(=O)c3ccccc3)CC2)c(NC(=O)C(C)C)c1. The van der Waals surface area contributed by atoms with Crippen molar-refractivity contribution < 1.29 is 19.1 Å². The first-order valence-corrected chi connectivity index (χ1v) is 10.0. The van der Waals surface area contributed by atoms with Gasteiger partial charge >= 0.3 is 5.97 Å². The van der Waals surface area contributed by atoms with E-state index in [2.05, 4.69) is 10.2 Å². The number of hydrogen-bond donors (Lipinski definition) is 1. The Bertz CT molecular complexity index is 919. The van der Waals surface area contributed by atoms with E-state index in [0.717, 1.165) is 5.69 Å². The fourth-order valence-corrected chi connectivity index (χ4v) is 3.35. The molecule has 0 aliphatic carbocycles. The molecule has 30 heavy (non-hydrogen) atoms. The van der Waals surface area contributed by atoms with Gasteiger partial charge in [0.05, 0.1) is 24.0 Å². The Morgan fingerprint density at radius 1 is 0.933 bits per heavy atom. The molecule has 1 aliphatic rings. The molecule has 1 fully saturated rings. The van der Waals surface area contributed by atoms with Crippen LogP contribution >= 0.6 is 0 Å². The molecule has 1 saturated heterocycles. The van der Waals surface area contributed by atoms with E-state index in [0.29, 0.717) is 43.0 Å². The summed E-state index contributed by atoms with van der Waals surface area (Å²) in [7, 11) is 1.32. The molecular formula is C23H27N3O4. The second-order valence-corrected chi connectivity index (χ2v) is 7.51. The van der Waals surface area contributed by atoms with Crippen LogP contribution in [0.25, 0.3) is 0 Å². The Balaban J connectivity index is 1.77. The third-order valence-corrected chi connectivity index (χ3v) is 5.13. The van der Waals surface area contributed by atoms with Crippen LogP contribution < -0.4 is 10.2 Å². The molecule has 1 heterocycles. The van der Waals surface area contributed by atoms with Crippen LogP contribution in [0.5, 0.6) is 0 Å². The summed E-state index contributed by atoms with van der Waals surface area (Å²) in [5, 5.41) is 2.92. The van der Waals surface area contributed by atoms with Crippen molar-refractivity contribution in [2.24, 2.45) is 5.92 Å². The number of hydrogen-bond acceptors (Lipinski definition) is 5. The van der Waals surface area contributed by atoms with Crippen molar-refractivity contribution in [2.75, 3.05) is 43.5 Å². The highest BCUT2D eigenvalue weighted by molar-refractivity contribution is 5.99. The van der Waals surface area contributed by atoms with Crippen LogP contribution in [0.15, 0.2) is 48.5 Å². The lowest BCUT2D eigenvalue weighted by Gasteiger charge is -2.37. The third kappa shape index (κ3) is 4.79.